The first-order chi connectivity index (χ1) is 13.8. The Morgan fingerprint density at radius 3 is 2.79 bits per heavy atom. The highest BCUT2D eigenvalue weighted by Gasteiger charge is 2.23. The van der Waals surface area contributed by atoms with Crippen LogP contribution in [0.4, 0.5) is 0 Å². The van der Waals surface area contributed by atoms with Gasteiger partial charge in [0.25, 0.3) is 5.56 Å². The fraction of sp³-hybridized carbons (Fsp3) is 0.227. The van der Waals surface area contributed by atoms with Crippen molar-refractivity contribution in [1.82, 2.24) is 19.7 Å². The van der Waals surface area contributed by atoms with E-state index in [2.05, 4.69) is 44.3 Å². The standard InChI is InChI=1S/C22H21N5O/c28-22-19-8-10-26(15-20(19)25-27(22)21-7-3-4-9-24-21)14-16-11-17-5-1-2-6-18(17)13-23-12-16/h1-7,9,11,13,25H,8,10,12,14-15H2. The Hall–Kier alpha value is -3.25. The minimum Gasteiger partial charge on any atom is -0.293 e. The van der Waals surface area contributed by atoms with Crippen molar-refractivity contribution in [3.63, 3.8) is 0 Å². The van der Waals surface area contributed by atoms with Crippen LogP contribution in [0.5, 0.6) is 0 Å². The zero-order valence-corrected chi connectivity index (χ0v) is 15.5. The molecule has 0 bridgehead atoms. The molecule has 2 aliphatic rings. The smallest absolute Gasteiger partial charge is 0.276 e. The maximum Gasteiger partial charge on any atom is 0.276 e. The van der Waals surface area contributed by atoms with Crippen LogP contribution >= 0.6 is 0 Å². The lowest BCUT2D eigenvalue weighted by molar-refractivity contribution is 0.271. The number of H-pyrrole nitrogens is 1. The minimum absolute atomic E-state index is 0.0144. The Kier molecular flexibility index (Phi) is 4.25. The molecule has 28 heavy (non-hydrogen) atoms. The van der Waals surface area contributed by atoms with Crippen LogP contribution in [0.25, 0.3) is 11.9 Å². The third kappa shape index (κ3) is 3.12. The number of rotatable bonds is 3. The summed E-state index contributed by atoms with van der Waals surface area (Å²) in [7, 11) is 0. The SMILES string of the molecule is O=c1c2c([nH]n1-c1ccccn1)CN(CC1=Cc3ccccc3C=NC1)CC2. The highest BCUT2D eigenvalue weighted by molar-refractivity contribution is 5.87. The van der Waals surface area contributed by atoms with Crippen LogP contribution < -0.4 is 5.56 Å². The molecule has 5 rings (SSSR count). The van der Waals surface area contributed by atoms with Gasteiger partial charge in [-0.1, -0.05) is 36.4 Å². The lowest BCUT2D eigenvalue weighted by Crippen LogP contribution is -2.34. The van der Waals surface area contributed by atoms with Crippen LogP contribution in [-0.2, 0) is 13.0 Å². The Bertz CT molecular complexity index is 1120. The molecule has 0 saturated carbocycles. The number of benzene rings is 1. The van der Waals surface area contributed by atoms with Gasteiger partial charge in [0, 0.05) is 37.6 Å². The first kappa shape index (κ1) is 16.9. The molecule has 6 nitrogen and oxygen atoms in total. The molecule has 0 fully saturated rings. The summed E-state index contributed by atoms with van der Waals surface area (Å²) in [5.74, 6) is 0.630. The zero-order valence-electron chi connectivity index (χ0n) is 15.5. The number of nitrogens with zero attached hydrogens (tertiary/aromatic N) is 4. The molecule has 0 radical (unpaired) electrons. The Morgan fingerprint density at radius 2 is 1.93 bits per heavy atom. The lowest BCUT2D eigenvalue weighted by atomic mass is 10.0. The van der Waals surface area contributed by atoms with Gasteiger partial charge in [-0.15, -0.1) is 0 Å². The summed E-state index contributed by atoms with van der Waals surface area (Å²) in [6.45, 7) is 3.16. The molecule has 0 saturated heterocycles. The predicted octanol–water partition coefficient (Wildman–Crippen LogP) is 2.43. The highest BCUT2D eigenvalue weighted by Crippen LogP contribution is 2.20. The molecular weight excluding hydrogens is 350 g/mol. The second-order valence-electron chi connectivity index (χ2n) is 7.26. The highest BCUT2D eigenvalue weighted by atomic mass is 16.1. The molecule has 0 aliphatic carbocycles. The summed E-state index contributed by atoms with van der Waals surface area (Å²) in [5, 5.41) is 3.26. The third-order valence-electron chi connectivity index (χ3n) is 5.32. The summed E-state index contributed by atoms with van der Waals surface area (Å²) in [4.78, 5) is 24.0. The van der Waals surface area contributed by atoms with Gasteiger partial charge in [-0.3, -0.25) is 19.8 Å². The molecule has 1 N–H and O–H groups in total. The van der Waals surface area contributed by atoms with E-state index in [1.165, 1.54) is 11.1 Å². The number of aromatic amines is 1. The summed E-state index contributed by atoms with van der Waals surface area (Å²) >= 11 is 0. The van der Waals surface area contributed by atoms with E-state index in [0.717, 1.165) is 42.9 Å². The van der Waals surface area contributed by atoms with Gasteiger partial charge >= 0.3 is 0 Å². The van der Waals surface area contributed by atoms with Crippen molar-refractivity contribution in [2.75, 3.05) is 19.6 Å². The molecule has 140 valence electrons. The van der Waals surface area contributed by atoms with Crippen LogP contribution in [-0.4, -0.2) is 45.5 Å². The molecule has 0 unspecified atom stereocenters. The van der Waals surface area contributed by atoms with Gasteiger partial charge in [0.1, 0.15) is 0 Å². The Balaban J connectivity index is 1.38. The van der Waals surface area contributed by atoms with Crippen molar-refractivity contribution < 1.29 is 0 Å². The minimum atomic E-state index is 0.0144. The normalized spacial score (nSPS) is 16.2. The molecule has 2 aliphatic heterocycles. The second-order valence-corrected chi connectivity index (χ2v) is 7.26. The molecular formula is C22H21N5O. The van der Waals surface area contributed by atoms with Crippen molar-refractivity contribution in [1.29, 1.82) is 0 Å². The van der Waals surface area contributed by atoms with Crippen molar-refractivity contribution in [2.24, 2.45) is 4.99 Å². The van der Waals surface area contributed by atoms with E-state index in [1.807, 2.05) is 30.5 Å². The molecule has 0 atom stereocenters. The fourth-order valence-corrected chi connectivity index (χ4v) is 3.93. The molecule has 6 heteroatoms. The van der Waals surface area contributed by atoms with E-state index in [0.29, 0.717) is 12.4 Å². The predicted molar refractivity (Wildman–Crippen MR) is 110 cm³/mol. The number of hydrogen-bond donors (Lipinski definition) is 1. The molecule has 4 heterocycles. The second kappa shape index (κ2) is 7.05. The number of pyridine rings is 1. The van der Waals surface area contributed by atoms with Gasteiger partial charge in [-0.05, 0) is 35.3 Å². The number of hydrogen-bond acceptors (Lipinski definition) is 4. The summed E-state index contributed by atoms with van der Waals surface area (Å²) in [5.41, 5.74) is 5.54. The van der Waals surface area contributed by atoms with Crippen LogP contribution in [0, 0.1) is 0 Å². The number of aliphatic imine (C=N–C) groups is 1. The maximum absolute atomic E-state index is 12.7. The average molecular weight is 371 g/mol. The molecule has 2 aromatic heterocycles. The monoisotopic (exact) mass is 371 g/mol. The van der Waals surface area contributed by atoms with Crippen LogP contribution in [0.2, 0.25) is 0 Å². The van der Waals surface area contributed by atoms with E-state index in [-0.39, 0.29) is 5.56 Å². The Labute approximate surface area is 162 Å². The molecule has 3 aromatic rings. The molecule has 1 aromatic carbocycles. The van der Waals surface area contributed by atoms with Crippen LogP contribution in [0.15, 0.2) is 64.0 Å². The Morgan fingerprint density at radius 1 is 1.07 bits per heavy atom. The van der Waals surface area contributed by atoms with E-state index in [4.69, 9.17) is 0 Å². The van der Waals surface area contributed by atoms with Crippen molar-refractivity contribution in [2.45, 2.75) is 13.0 Å². The number of nitrogens with one attached hydrogen (secondary N) is 1. The molecule has 0 amide bonds. The summed E-state index contributed by atoms with van der Waals surface area (Å²) in [6, 6.07) is 13.9. The fourth-order valence-electron chi connectivity index (χ4n) is 3.93. The summed E-state index contributed by atoms with van der Waals surface area (Å²) in [6.07, 6.45) is 6.65. The largest absolute Gasteiger partial charge is 0.293 e. The van der Waals surface area contributed by atoms with E-state index >= 15 is 0 Å². The third-order valence-corrected chi connectivity index (χ3v) is 5.32. The first-order valence-corrected chi connectivity index (χ1v) is 9.53. The van der Waals surface area contributed by atoms with Gasteiger partial charge in [-0.2, -0.15) is 0 Å². The number of aromatic nitrogens is 3. The number of fused-ring (bicyclic) bond motifs is 2. The van der Waals surface area contributed by atoms with Crippen molar-refractivity contribution in [3.05, 3.63) is 87.0 Å². The van der Waals surface area contributed by atoms with Gasteiger partial charge < -0.3 is 0 Å². The van der Waals surface area contributed by atoms with Crippen LogP contribution in [0.3, 0.4) is 0 Å². The van der Waals surface area contributed by atoms with Gasteiger partial charge in [-0.25, -0.2) is 9.67 Å². The van der Waals surface area contributed by atoms with Gasteiger partial charge in [0.05, 0.1) is 12.2 Å². The van der Waals surface area contributed by atoms with Crippen LogP contribution in [0.1, 0.15) is 22.4 Å². The summed E-state index contributed by atoms with van der Waals surface area (Å²) < 4.78 is 1.56. The van der Waals surface area contributed by atoms with Gasteiger partial charge in [0.2, 0.25) is 0 Å². The van der Waals surface area contributed by atoms with Crippen molar-refractivity contribution in [3.8, 4) is 5.82 Å². The van der Waals surface area contributed by atoms with Gasteiger partial charge in [0.15, 0.2) is 5.82 Å². The van der Waals surface area contributed by atoms with E-state index in [9.17, 15) is 4.79 Å². The zero-order chi connectivity index (χ0) is 18.9. The first-order valence-electron chi connectivity index (χ1n) is 9.53. The quantitative estimate of drug-likeness (QED) is 0.769. The van der Waals surface area contributed by atoms with E-state index in [1.54, 1.807) is 10.9 Å². The van der Waals surface area contributed by atoms with Crippen molar-refractivity contribution >= 4 is 12.3 Å². The lowest BCUT2D eigenvalue weighted by Gasteiger charge is -2.26. The maximum atomic E-state index is 12.7. The topological polar surface area (TPSA) is 66.3 Å². The average Bonchev–Trinajstić information content (AvgIpc) is 2.92. The van der Waals surface area contributed by atoms with E-state index < -0.39 is 0 Å². The molecule has 0 spiro atoms.